The SMILES string of the molecule is CC[C@H](C)[C@@H]([C@@H](CC(=O)N1CCC[C@H]1[C@H](OC)[C@@H](C)C(=O)N[C@H](C)[C@@H](O)c1ccccc1)OC)N(C)C(=O)[C@@H](NC(=O)[C@H](C(C)C)N1CCNCC1)C(C)C. The van der Waals surface area contributed by atoms with Crippen molar-refractivity contribution >= 4 is 23.6 Å². The third kappa shape index (κ3) is 12.0. The van der Waals surface area contributed by atoms with Gasteiger partial charge in [0.25, 0.3) is 0 Å². The summed E-state index contributed by atoms with van der Waals surface area (Å²) in [7, 11) is 4.89. The summed E-state index contributed by atoms with van der Waals surface area (Å²) < 4.78 is 12.0. The van der Waals surface area contributed by atoms with Gasteiger partial charge >= 0.3 is 0 Å². The van der Waals surface area contributed by atoms with Gasteiger partial charge in [-0.15, -0.1) is 0 Å². The Morgan fingerprint density at radius 1 is 0.909 bits per heavy atom. The van der Waals surface area contributed by atoms with Crippen molar-refractivity contribution in [1.29, 1.82) is 0 Å². The summed E-state index contributed by atoms with van der Waals surface area (Å²) in [5.74, 6) is -1.47. The van der Waals surface area contributed by atoms with Crippen molar-refractivity contribution in [2.24, 2.45) is 23.7 Å². The van der Waals surface area contributed by atoms with Gasteiger partial charge in [0.1, 0.15) is 6.04 Å². The number of amides is 4. The van der Waals surface area contributed by atoms with Gasteiger partial charge in [0.05, 0.1) is 54.8 Å². The minimum absolute atomic E-state index is 0.0162. The lowest BCUT2D eigenvalue weighted by Gasteiger charge is -2.41. The van der Waals surface area contributed by atoms with E-state index in [4.69, 9.17) is 9.47 Å². The molecule has 2 saturated heterocycles. The number of methoxy groups -OCH3 is 2. The molecule has 4 N–H and O–H groups in total. The third-order valence-electron chi connectivity index (χ3n) is 11.9. The molecule has 2 aliphatic rings. The van der Waals surface area contributed by atoms with Gasteiger partial charge in [-0.1, -0.05) is 85.2 Å². The lowest BCUT2D eigenvalue weighted by molar-refractivity contribution is -0.148. The number of carbonyl (C=O) groups is 4. The number of aliphatic hydroxyl groups is 1. The van der Waals surface area contributed by atoms with Crippen LogP contribution in [-0.4, -0.2) is 140 Å². The van der Waals surface area contributed by atoms with E-state index < -0.39 is 42.4 Å². The highest BCUT2D eigenvalue weighted by Gasteiger charge is 2.43. The lowest BCUT2D eigenvalue weighted by atomic mass is 9.89. The van der Waals surface area contributed by atoms with E-state index in [0.29, 0.717) is 18.5 Å². The zero-order chi connectivity index (χ0) is 41.0. The predicted molar refractivity (Wildman–Crippen MR) is 215 cm³/mol. The molecule has 1 aromatic rings. The Morgan fingerprint density at radius 2 is 1.55 bits per heavy atom. The van der Waals surface area contributed by atoms with Gasteiger partial charge in [-0.25, -0.2) is 0 Å². The normalized spacial score (nSPS) is 21.6. The Kier molecular flexibility index (Phi) is 18.5. The van der Waals surface area contributed by atoms with Crippen molar-refractivity contribution in [3.8, 4) is 0 Å². The molecule has 0 bridgehead atoms. The van der Waals surface area contributed by atoms with Crippen LogP contribution in [0, 0.1) is 23.7 Å². The number of benzene rings is 1. The number of likely N-dealkylation sites (N-methyl/N-ethyl adjacent to an activating group) is 1. The van der Waals surface area contributed by atoms with Crippen LogP contribution in [0.5, 0.6) is 0 Å². The monoisotopic (exact) mass is 773 g/mol. The molecule has 0 saturated carbocycles. The fourth-order valence-electron chi connectivity index (χ4n) is 8.50. The van der Waals surface area contributed by atoms with Crippen molar-refractivity contribution in [3.05, 3.63) is 35.9 Å². The minimum Gasteiger partial charge on any atom is -0.386 e. The van der Waals surface area contributed by atoms with Gasteiger partial charge in [0.2, 0.25) is 23.6 Å². The number of carbonyl (C=O) groups excluding carboxylic acids is 4. The molecule has 312 valence electrons. The van der Waals surface area contributed by atoms with E-state index in [1.807, 2.05) is 58.0 Å². The number of likely N-dealkylation sites (tertiary alicyclic amines) is 1. The second kappa shape index (κ2) is 22.0. The number of rotatable bonds is 20. The zero-order valence-corrected chi connectivity index (χ0v) is 35.4. The summed E-state index contributed by atoms with van der Waals surface area (Å²) in [6.45, 7) is 19.3. The molecule has 55 heavy (non-hydrogen) atoms. The zero-order valence-electron chi connectivity index (χ0n) is 35.4. The number of ether oxygens (including phenoxy) is 2. The first-order valence-electron chi connectivity index (χ1n) is 20.5. The van der Waals surface area contributed by atoms with E-state index in [2.05, 4.69) is 34.7 Å². The first-order chi connectivity index (χ1) is 26.1. The van der Waals surface area contributed by atoms with Crippen LogP contribution in [0.4, 0.5) is 0 Å². The Bertz CT molecular complexity index is 1360. The molecule has 0 unspecified atom stereocenters. The van der Waals surface area contributed by atoms with Crippen LogP contribution >= 0.6 is 0 Å². The molecule has 1 aromatic carbocycles. The Labute approximate surface area is 330 Å². The molecule has 2 heterocycles. The fraction of sp³-hybridized carbons (Fsp3) is 0.762. The lowest BCUT2D eigenvalue weighted by Crippen LogP contribution is -2.61. The van der Waals surface area contributed by atoms with Crippen molar-refractivity contribution in [2.75, 3.05) is 54.0 Å². The number of hydrogen-bond donors (Lipinski definition) is 4. The highest BCUT2D eigenvalue weighted by molar-refractivity contribution is 5.90. The fourth-order valence-corrected chi connectivity index (χ4v) is 8.50. The maximum absolute atomic E-state index is 14.4. The number of aliphatic hydroxyl groups excluding tert-OH is 1. The molecule has 4 amide bonds. The van der Waals surface area contributed by atoms with Gasteiger partial charge in [0.15, 0.2) is 0 Å². The molecule has 0 radical (unpaired) electrons. The minimum atomic E-state index is -0.876. The molecule has 2 aliphatic heterocycles. The number of nitrogens with one attached hydrogen (secondary N) is 3. The Balaban J connectivity index is 1.76. The van der Waals surface area contributed by atoms with E-state index in [-0.39, 0.29) is 59.9 Å². The maximum Gasteiger partial charge on any atom is 0.245 e. The van der Waals surface area contributed by atoms with E-state index in [1.165, 1.54) is 0 Å². The van der Waals surface area contributed by atoms with Gasteiger partial charge in [-0.2, -0.15) is 0 Å². The molecule has 2 fully saturated rings. The van der Waals surface area contributed by atoms with Crippen LogP contribution in [0.2, 0.25) is 0 Å². The number of hydrogen-bond acceptors (Lipinski definition) is 9. The molecular formula is C42H72N6O7. The summed E-state index contributed by atoms with van der Waals surface area (Å²) in [5.41, 5.74) is 0.713. The topological polar surface area (TPSA) is 153 Å². The molecular weight excluding hydrogens is 700 g/mol. The average molecular weight is 773 g/mol. The average Bonchev–Trinajstić information content (AvgIpc) is 3.66. The first kappa shape index (κ1) is 46.3. The molecule has 0 aromatic heterocycles. The molecule has 0 aliphatic carbocycles. The van der Waals surface area contributed by atoms with Crippen molar-refractivity contribution < 1.29 is 33.8 Å². The summed E-state index contributed by atoms with van der Waals surface area (Å²) in [5, 5.41) is 20.3. The van der Waals surface area contributed by atoms with Gasteiger partial charge in [-0.3, -0.25) is 24.1 Å². The quantitative estimate of drug-likeness (QED) is 0.157. The smallest absolute Gasteiger partial charge is 0.245 e. The van der Waals surface area contributed by atoms with Crippen LogP contribution in [0.1, 0.15) is 92.7 Å². The van der Waals surface area contributed by atoms with Crippen LogP contribution < -0.4 is 16.0 Å². The summed E-state index contributed by atoms with van der Waals surface area (Å²) in [6.07, 6.45) is 0.153. The summed E-state index contributed by atoms with van der Waals surface area (Å²) in [6, 6.07) is 6.78. The van der Waals surface area contributed by atoms with E-state index >= 15 is 0 Å². The first-order valence-corrected chi connectivity index (χ1v) is 20.5. The van der Waals surface area contributed by atoms with E-state index in [0.717, 1.165) is 39.0 Å². The summed E-state index contributed by atoms with van der Waals surface area (Å²) in [4.78, 5) is 61.7. The Hall–Kier alpha value is -3.10. The van der Waals surface area contributed by atoms with Crippen molar-refractivity contribution in [1.82, 2.24) is 30.7 Å². The molecule has 10 atom stereocenters. The predicted octanol–water partition coefficient (Wildman–Crippen LogP) is 3.22. The largest absolute Gasteiger partial charge is 0.386 e. The second-order valence-electron chi connectivity index (χ2n) is 16.4. The van der Waals surface area contributed by atoms with Crippen molar-refractivity contribution in [3.63, 3.8) is 0 Å². The molecule has 0 spiro atoms. The maximum atomic E-state index is 14.4. The van der Waals surface area contributed by atoms with Crippen LogP contribution in [0.15, 0.2) is 30.3 Å². The second-order valence-corrected chi connectivity index (χ2v) is 16.4. The van der Waals surface area contributed by atoms with Crippen LogP contribution in [0.25, 0.3) is 0 Å². The van der Waals surface area contributed by atoms with E-state index in [1.54, 1.807) is 44.9 Å². The summed E-state index contributed by atoms with van der Waals surface area (Å²) >= 11 is 0. The number of piperazine rings is 1. The van der Waals surface area contributed by atoms with Gasteiger partial charge in [0, 0.05) is 54.0 Å². The standard InChI is InChI=1S/C42H72N6O7/c1-12-28(6)37(46(9)42(53)35(26(2)3)45-41(52)36(27(4)5)47-23-20-43-21-24-47)33(54-10)25-34(49)48-22-16-19-32(48)39(55-11)29(7)40(51)44-30(8)38(50)31-17-14-13-15-18-31/h13-15,17-18,26-30,32-33,35-39,43,50H,12,16,19-25H2,1-11H3,(H,44,51)(H,45,52)/t28-,29+,30+,32-,33+,35-,36-,37-,38+,39+/m0/s1. The van der Waals surface area contributed by atoms with Crippen molar-refractivity contribution in [2.45, 2.75) is 130 Å². The Morgan fingerprint density at radius 3 is 2.09 bits per heavy atom. The van der Waals surface area contributed by atoms with Gasteiger partial charge < -0.3 is 40.3 Å². The highest BCUT2D eigenvalue weighted by atomic mass is 16.5. The van der Waals surface area contributed by atoms with Gasteiger partial charge in [-0.05, 0) is 43.1 Å². The molecule has 13 nitrogen and oxygen atoms in total. The molecule has 3 rings (SSSR count). The molecule has 13 heteroatoms. The van der Waals surface area contributed by atoms with Crippen LogP contribution in [-0.2, 0) is 28.7 Å². The van der Waals surface area contributed by atoms with Crippen LogP contribution in [0.3, 0.4) is 0 Å². The number of nitrogens with zero attached hydrogens (tertiary/aromatic N) is 3. The van der Waals surface area contributed by atoms with E-state index in [9.17, 15) is 24.3 Å². The highest BCUT2D eigenvalue weighted by Crippen LogP contribution is 2.30. The third-order valence-corrected chi connectivity index (χ3v) is 11.9.